The fourth-order valence-electron chi connectivity index (χ4n) is 5.03. The maximum Gasteiger partial charge on any atom is 0.505 e. The molecular formula is C26H28F6IN4O3+. The predicted octanol–water partition coefficient (Wildman–Crippen LogP) is 2.42. The molecule has 0 amide bonds. The topological polar surface area (TPSA) is 89.0 Å². The molecule has 2 aromatic rings. The zero-order valence-electron chi connectivity index (χ0n) is 21.6. The van der Waals surface area contributed by atoms with E-state index in [4.69, 9.17) is 3.07 Å². The number of benzene rings is 1. The Bertz CT molecular complexity index is 1320. The first kappa shape index (κ1) is 30.5. The van der Waals surface area contributed by atoms with E-state index in [0.717, 1.165) is 12.0 Å². The van der Waals surface area contributed by atoms with Gasteiger partial charge in [0, 0.05) is 25.0 Å². The number of rotatable bonds is 8. The van der Waals surface area contributed by atoms with Crippen molar-refractivity contribution in [2.24, 2.45) is 0 Å². The molecule has 7 nitrogen and oxygen atoms in total. The molecule has 1 aromatic heterocycles. The Morgan fingerprint density at radius 1 is 1.15 bits per heavy atom. The number of H-pyrrole nitrogens is 1. The maximum absolute atomic E-state index is 13.4. The van der Waals surface area contributed by atoms with Crippen LogP contribution in [0.15, 0.2) is 53.1 Å². The van der Waals surface area contributed by atoms with Crippen LogP contribution in [0.1, 0.15) is 68.7 Å². The van der Waals surface area contributed by atoms with Crippen LogP contribution in [0.3, 0.4) is 0 Å². The molecule has 0 saturated carbocycles. The second-order valence-electron chi connectivity index (χ2n) is 9.80. The highest BCUT2D eigenvalue weighted by Crippen LogP contribution is 2.38. The lowest BCUT2D eigenvalue weighted by molar-refractivity contribution is -0.950. The van der Waals surface area contributed by atoms with E-state index in [2.05, 4.69) is 15.5 Å². The number of hydrogen-bond donors (Lipinski definition) is 2. The monoisotopic (exact) mass is 685 g/mol. The third-order valence-electron chi connectivity index (χ3n) is 7.31. The second-order valence-corrected chi connectivity index (χ2v) is 12.6. The molecule has 0 bridgehead atoms. The number of carbonyl (C=O) groups excluding carboxylic acids is 1. The summed E-state index contributed by atoms with van der Waals surface area (Å²) in [7, 11) is 0. The van der Waals surface area contributed by atoms with Gasteiger partial charge in [0.1, 0.15) is 18.0 Å². The lowest BCUT2D eigenvalue weighted by Crippen LogP contribution is -3.69. The lowest BCUT2D eigenvalue weighted by Gasteiger charge is -2.41. The van der Waals surface area contributed by atoms with Crippen LogP contribution in [0.5, 0.6) is 0 Å². The number of piperidine rings is 1. The molecule has 0 radical (unpaired) electrons. The summed E-state index contributed by atoms with van der Waals surface area (Å²) in [6, 6.07) is 1.46. The average Bonchev–Trinajstić information content (AvgIpc) is 3.37. The third-order valence-corrected chi connectivity index (χ3v) is 10.7. The van der Waals surface area contributed by atoms with Crippen LogP contribution in [-0.4, -0.2) is 30.6 Å². The minimum Gasteiger partial charge on any atom is -0.297 e. The number of carbonyl (C=O) groups is 1. The van der Waals surface area contributed by atoms with E-state index in [1.807, 2.05) is 18.2 Å². The standard InChI is InChI=1S/C26H27F6IN4O3/c1-3-21(38)23(37-15-35-36-22(37)39)9-10-24(34-14-23,18-7-5-4-6-8-18)33-40-16(2)17-11-19(25(27,28)29)13-20(12-17)26(30,31)32/h4-5,7,11-13,15-16,34H,3,6,8-10,14H2,1-2H3/p+1/t16?,23-,24-/m0/s1. The Balaban J connectivity index is 1.64. The van der Waals surface area contributed by atoms with Crippen LogP contribution in [0, 0.1) is 0 Å². The number of allylic oxidation sites excluding steroid dienone is 3. The zero-order chi connectivity index (χ0) is 29.3. The molecule has 1 unspecified atom stereocenters. The maximum atomic E-state index is 13.4. The van der Waals surface area contributed by atoms with E-state index in [9.17, 15) is 35.9 Å². The lowest BCUT2D eigenvalue weighted by atomic mass is 9.79. The number of aromatic amines is 1. The zero-order valence-corrected chi connectivity index (χ0v) is 23.8. The van der Waals surface area contributed by atoms with Gasteiger partial charge in [-0.15, -0.1) is 3.07 Å². The molecular weight excluding hydrogens is 657 g/mol. The van der Waals surface area contributed by atoms with E-state index in [1.54, 1.807) is 6.92 Å². The van der Waals surface area contributed by atoms with Crippen molar-refractivity contribution in [1.82, 2.24) is 20.1 Å². The van der Waals surface area contributed by atoms with Crippen molar-refractivity contribution >= 4 is 5.78 Å². The van der Waals surface area contributed by atoms with Gasteiger partial charge in [-0.1, -0.05) is 25.2 Å². The molecule has 3 atom stereocenters. The Morgan fingerprint density at radius 3 is 2.30 bits per heavy atom. The second kappa shape index (κ2) is 11.4. The van der Waals surface area contributed by atoms with Crippen molar-refractivity contribution in [2.45, 2.75) is 73.5 Å². The highest BCUT2D eigenvalue weighted by Gasteiger charge is 2.58. The summed E-state index contributed by atoms with van der Waals surface area (Å²) in [5, 5.41) is 9.54. The summed E-state index contributed by atoms with van der Waals surface area (Å²) in [4.78, 5) is 25.6. The van der Waals surface area contributed by atoms with Crippen molar-refractivity contribution in [2.75, 3.05) is 6.54 Å². The molecule has 1 fully saturated rings. The number of aromatic nitrogens is 3. The Kier molecular flexibility index (Phi) is 8.72. The Labute approximate surface area is 236 Å². The van der Waals surface area contributed by atoms with Gasteiger partial charge in [-0.25, -0.2) is 9.89 Å². The number of halogens is 7. The van der Waals surface area contributed by atoms with Gasteiger partial charge >= 0.3 is 39.7 Å². The normalized spacial score (nSPS) is 24.6. The summed E-state index contributed by atoms with van der Waals surface area (Å²) >= 11 is -1.38. The molecule has 4 rings (SSSR count). The molecule has 218 valence electrons. The first-order valence-corrected chi connectivity index (χ1v) is 14.6. The van der Waals surface area contributed by atoms with Gasteiger partial charge in [-0.3, -0.25) is 14.7 Å². The molecule has 2 aliphatic rings. The van der Waals surface area contributed by atoms with E-state index in [1.165, 1.54) is 17.8 Å². The molecule has 1 aliphatic carbocycles. The summed E-state index contributed by atoms with van der Waals surface area (Å²) in [6.07, 6.45) is -1.67. The fourth-order valence-corrected chi connectivity index (χ4v) is 7.71. The molecule has 1 aromatic carbocycles. The molecule has 40 heavy (non-hydrogen) atoms. The third kappa shape index (κ3) is 6.08. The van der Waals surface area contributed by atoms with Crippen LogP contribution in [0.4, 0.5) is 26.3 Å². The molecule has 1 aliphatic heterocycles. The minimum absolute atomic E-state index is 0.0827. The first-order valence-electron chi connectivity index (χ1n) is 12.6. The quantitative estimate of drug-likeness (QED) is 0.193. The smallest absolute Gasteiger partial charge is 0.297 e. The van der Waals surface area contributed by atoms with Gasteiger partial charge in [-0.05, 0) is 49.9 Å². The molecule has 14 heteroatoms. The van der Waals surface area contributed by atoms with Crippen LogP contribution in [0.25, 0.3) is 0 Å². The Morgan fingerprint density at radius 2 is 1.82 bits per heavy atom. The van der Waals surface area contributed by atoms with Crippen LogP contribution in [-0.2, 0) is 25.8 Å². The summed E-state index contributed by atoms with van der Waals surface area (Å²) < 4.78 is 87.1. The number of nitrogens with one attached hydrogen (secondary N) is 2. The number of alkyl halides is 7. The van der Waals surface area contributed by atoms with Crippen LogP contribution < -0.4 is 32.6 Å². The molecule has 1 saturated heterocycles. The molecule has 2 heterocycles. The van der Waals surface area contributed by atoms with Crippen molar-refractivity contribution in [3.63, 3.8) is 0 Å². The Hall–Kier alpha value is -2.46. The largest absolute Gasteiger partial charge is 0.505 e. The van der Waals surface area contributed by atoms with Crippen molar-refractivity contribution in [3.8, 4) is 0 Å². The number of hydrogen-bond acceptors (Lipinski definition) is 5. The highest BCUT2D eigenvalue weighted by atomic mass is 127. The first-order chi connectivity index (χ1) is 18.7. The van der Waals surface area contributed by atoms with Crippen molar-refractivity contribution in [3.05, 3.63) is 75.5 Å². The van der Waals surface area contributed by atoms with Gasteiger partial charge in [0.05, 0.1) is 11.1 Å². The van der Waals surface area contributed by atoms with Crippen molar-refractivity contribution < 1.29 is 55.8 Å². The SMILES string of the molecule is CCC(=O)[C@]1(n2cn[nH]c2=O)CC[C@@]([I+]OC(C)c2cc(C(F)(F)F)cc(C(F)(F)F)c2)(C2=CC=CCC2)NC1. The summed E-state index contributed by atoms with van der Waals surface area (Å²) in [5.74, 6) is -0.161. The summed E-state index contributed by atoms with van der Waals surface area (Å²) in [5.41, 5.74) is -3.76. The van der Waals surface area contributed by atoms with E-state index in [-0.39, 0.29) is 36.8 Å². The number of ketones is 1. The van der Waals surface area contributed by atoms with Crippen molar-refractivity contribution in [1.29, 1.82) is 0 Å². The van der Waals surface area contributed by atoms with Crippen LogP contribution >= 0.6 is 0 Å². The number of Topliss-reactive ketones (excluding diaryl/α,β-unsaturated/α-hetero) is 1. The average molecular weight is 685 g/mol. The van der Waals surface area contributed by atoms with E-state index < -0.39 is 66.0 Å². The molecule has 2 N–H and O–H groups in total. The highest BCUT2D eigenvalue weighted by molar-refractivity contribution is 5.86. The molecule has 0 spiro atoms. The fraction of sp³-hybridized carbons (Fsp3) is 0.500. The van der Waals surface area contributed by atoms with Gasteiger partial charge < -0.3 is 0 Å². The minimum atomic E-state index is -4.96. The van der Waals surface area contributed by atoms with Gasteiger partial charge in [0.25, 0.3) is 3.55 Å². The van der Waals surface area contributed by atoms with E-state index >= 15 is 0 Å². The predicted molar refractivity (Wildman–Crippen MR) is 128 cm³/mol. The summed E-state index contributed by atoms with van der Waals surface area (Å²) in [6.45, 7) is 3.21. The van der Waals surface area contributed by atoms with E-state index in [0.29, 0.717) is 25.0 Å². The van der Waals surface area contributed by atoms with Gasteiger partial charge in [0.15, 0.2) is 5.78 Å². The number of nitrogens with zero attached hydrogens (tertiary/aromatic N) is 2. The van der Waals surface area contributed by atoms with Gasteiger partial charge in [-0.2, -0.15) is 31.4 Å². The van der Waals surface area contributed by atoms with Gasteiger partial charge in [0.2, 0.25) is 0 Å². The van der Waals surface area contributed by atoms with Crippen LogP contribution in [0.2, 0.25) is 0 Å².